The van der Waals surface area contributed by atoms with Crippen LogP contribution in [0, 0.1) is 6.92 Å². The molecule has 0 bridgehead atoms. The molecule has 108 valence electrons. The van der Waals surface area contributed by atoms with E-state index in [2.05, 4.69) is 15.9 Å². The van der Waals surface area contributed by atoms with E-state index < -0.39 is 12.0 Å². The summed E-state index contributed by atoms with van der Waals surface area (Å²) in [6.45, 7) is 2.29. The van der Waals surface area contributed by atoms with Gasteiger partial charge >= 0.3 is 5.97 Å². The molecule has 1 aliphatic heterocycles. The second kappa shape index (κ2) is 6.26. The summed E-state index contributed by atoms with van der Waals surface area (Å²) in [5.74, 6) is -0.662. The van der Waals surface area contributed by atoms with Crippen LogP contribution < -0.4 is 4.74 Å². The number of carbonyl (C=O) groups excluding carboxylic acids is 1. The van der Waals surface area contributed by atoms with Crippen LogP contribution in [0.3, 0.4) is 0 Å². The van der Waals surface area contributed by atoms with E-state index in [1.165, 1.54) is 4.90 Å². The number of amides is 1. The number of hydrogen-bond acceptors (Lipinski definition) is 3. The van der Waals surface area contributed by atoms with Gasteiger partial charge in [-0.15, -0.1) is 0 Å². The molecule has 0 unspecified atom stereocenters. The molecule has 5 nitrogen and oxygen atoms in total. The van der Waals surface area contributed by atoms with Crippen LogP contribution in [0.15, 0.2) is 22.7 Å². The molecule has 0 aromatic heterocycles. The van der Waals surface area contributed by atoms with Gasteiger partial charge in [0, 0.05) is 6.54 Å². The van der Waals surface area contributed by atoms with Gasteiger partial charge in [0.1, 0.15) is 11.8 Å². The van der Waals surface area contributed by atoms with E-state index in [0.717, 1.165) is 16.5 Å². The van der Waals surface area contributed by atoms with Crippen molar-refractivity contribution in [2.24, 2.45) is 0 Å². The molecule has 1 heterocycles. The van der Waals surface area contributed by atoms with Crippen molar-refractivity contribution < 1.29 is 19.4 Å². The fourth-order valence-corrected chi connectivity index (χ4v) is 2.87. The first-order valence-corrected chi connectivity index (χ1v) is 7.19. The maximum atomic E-state index is 12.0. The number of rotatable bonds is 4. The third kappa shape index (κ3) is 3.30. The summed E-state index contributed by atoms with van der Waals surface area (Å²) in [5.41, 5.74) is 1.08. The Morgan fingerprint density at radius 2 is 2.25 bits per heavy atom. The Kier molecular flexibility index (Phi) is 4.65. The van der Waals surface area contributed by atoms with Crippen LogP contribution in [0.1, 0.15) is 18.4 Å². The van der Waals surface area contributed by atoms with Gasteiger partial charge in [-0.1, -0.05) is 6.07 Å². The van der Waals surface area contributed by atoms with Crippen molar-refractivity contribution in [2.75, 3.05) is 13.2 Å². The summed E-state index contributed by atoms with van der Waals surface area (Å²) in [5, 5.41) is 9.05. The van der Waals surface area contributed by atoms with Crippen LogP contribution in [0.5, 0.6) is 5.75 Å². The molecule has 1 saturated heterocycles. The highest BCUT2D eigenvalue weighted by Gasteiger charge is 2.33. The lowest BCUT2D eigenvalue weighted by Gasteiger charge is -2.21. The van der Waals surface area contributed by atoms with Gasteiger partial charge in [-0.25, -0.2) is 4.79 Å². The highest BCUT2D eigenvalue weighted by atomic mass is 79.9. The fourth-order valence-electron chi connectivity index (χ4n) is 2.27. The molecule has 0 saturated carbocycles. The third-order valence-corrected chi connectivity index (χ3v) is 3.92. The molecule has 2 rings (SSSR count). The lowest BCUT2D eigenvalue weighted by atomic mass is 10.2. The van der Waals surface area contributed by atoms with Gasteiger partial charge < -0.3 is 14.7 Å². The summed E-state index contributed by atoms with van der Waals surface area (Å²) < 4.78 is 6.24. The van der Waals surface area contributed by atoms with E-state index in [4.69, 9.17) is 9.84 Å². The Bertz CT molecular complexity index is 532. The maximum Gasteiger partial charge on any atom is 0.326 e. The van der Waals surface area contributed by atoms with Gasteiger partial charge in [0.05, 0.1) is 4.47 Å². The van der Waals surface area contributed by atoms with Gasteiger partial charge in [-0.2, -0.15) is 0 Å². The molecule has 1 atom stereocenters. The number of carboxylic acid groups (broad SMARTS) is 1. The number of ether oxygens (including phenoxy) is 1. The highest BCUT2D eigenvalue weighted by molar-refractivity contribution is 9.10. The first-order valence-electron chi connectivity index (χ1n) is 6.40. The monoisotopic (exact) mass is 341 g/mol. The average molecular weight is 342 g/mol. The molecule has 1 aromatic carbocycles. The summed E-state index contributed by atoms with van der Waals surface area (Å²) in [6, 6.07) is 4.86. The molecule has 1 aromatic rings. The second-order valence-corrected chi connectivity index (χ2v) is 5.66. The Morgan fingerprint density at radius 1 is 1.50 bits per heavy atom. The van der Waals surface area contributed by atoms with Crippen molar-refractivity contribution in [3.05, 3.63) is 28.2 Å². The Labute approximate surface area is 125 Å². The van der Waals surface area contributed by atoms with Gasteiger partial charge in [0.25, 0.3) is 5.91 Å². The SMILES string of the molecule is Cc1ccc(OCC(=O)N2CCC[C@H]2C(=O)O)c(Br)c1. The number of carboxylic acids is 1. The number of likely N-dealkylation sites (tertiary alicyclic amines) is 1. The molecule has 0 spiro atoms. The van der Waals surface area contributed by atoms with Crippen LogP contribution in [0.25, 0.3) is 0 Å². The predicted molar refractivity (Wildman–Crippen MR) is 76.7 cm³/mol. The Morgan fingerprint density at radius 3 is 2.90 bits per heavy atom. The Balaban J connectivity index is 1.96. The first-order chi connectivity index (χ1) is 9.49. The van der Waals surface area contributed by atoms with Gasteiger partial charge in [-0.3, -0.25) is 4.79 Å². The van der Waals surface area contributed by atoms with Crippen molar-refractivity contribution in [1.29, 1.82) is 0 Å². The third-order valence-electron chi connectivity index (χ3n) is 3.30. The molecule has 1 fully saturated rings. The summed E-state index contributed by atoms with van der Waals surface area (Å²) in [6.07, 6.45) is 1.23. The molecule has 0 radical (unpaired) electrons. The lowest BCUT2D eigenvalue weighted by Crippen LogP contribution is -2.42. The highest BCUT2D eigenvalue weighted by Crippen LogP contribution is 2.26. The lowest BCUT2D eigenvalue weighted by molar-refractivity contribution is -0.148. The summed E-state index contributed by atoms with van der Waals surface area (Å²) >= 11 is 3.37. The number of aliphatic carboxylic acids is 1. The molecule has 1 amide bonds. The largest absolute Gasteiger partial charge is 0.483 e. The van der Waals surface area contributed by atoms with Crippen molar-refractivity contribution >= 4 is 27.8 Å². The summed E-state index contributed by atoms with van der Waals surface area (Å²) in [7, 11) is 0. The zero-order chi connectivity index (χ0) is 14.7. The first kappa shape index (κ1) is 14.8. The predicted octanol–water partition coefficient (Wildman–Crippen LogP) is 2.21. The molecule has 20 heavy (non-hydrogen) atoms. The van der Waals surface area contributed by atoms with Crippen molar-refractivity contribution in [2.45, 2.75) is 25.8 Å². The van der Waals surface area contributed by atoms with Crippen LogP contribution in [0.2, 0.25) is 0 Å². The minimum atomic E-state index is -0.952. The number of benzene rings is 1. The number of halogens is 1. The zero-order valence-corrected chi connectivity index (χ0v) is 12.7. The number of aryl methyl sites for hydroxylation is 1. The van der Waals surface area contributed by atoms with Crippen LogP contribution in [-0.2, 0) is 9.59 Å². The van der Waals surface area contributed by atoms with Crippen molar-refractivity contribution in [1.82, 2.24) is 4.90 Å². The topological polar surface area (TPSA) is 66.8 Å². The van der Waals surface area contributed by atoms with E-state index in [0.29, 0.717) is 18.7 Å². The van der Waals surface area contributed by atoms with Gasteiger partial charge in [-0.05, 0) is 53.4 Å². The van der Waals surface area contributed by atoms with E-state index >= 15 is 0 Å². The standard InChI is InChI=1S/C14H16BrNO4/c1-9-4-5-12(10(15)7-9)20-8-13(17)16-6-2-3-11(16)14(18)19/h4-5,7,11H,2-3,6,8H2,1H3,(H,18,19)/t11-/m0/s1. The van der Waals surface area contributed by atoms with E-state index in [1.54, 1.807) is 6.07 Å². The average Bonchev–Trinajstić information content (AvgIpc) is 2.86. The number of carbonyl (C=O) groups is 2. The fraction of sp³-hybridized carbons (Fsp3) is 0.429. The zero-order valence-electron chi connectivity index (χ0n) is 11.1. The normalized spacial score (nSPS) is 18.1. The maximum absolute atomic E-state index is 12.0. The van der Waals surface area contributed by atoms with Crippen molar-refractivity contribution in [3.8, 4) is 5.75 Å². The molecule has 6 heteroatoms. The van der Waals surface area contributed by atoms with Gasteiger partial charge in [0.15, 0.2) is 6.61 Å². The van der Waals surface area contributed by atoms with Crippen LogP contribution >= 0.6 is 15.9 Å². The van der Waals surface area contributed by atoms with Crippen LogP contribution in [-0.4, -0.2) is 41.1 Å². The van der Waals surface area contributed by atoms with E-state index in [-0.39, 0.29) is 12.5 Å². The summed E-state index contributed by atoms with van der Waals surface area (Å²) in [4.78, 5) is 24.5. The van der Waals surface area contributed by atoms with Gasteiger partial charge in [0.2, 0.25) is 0 Å². The number of nitrogens with zero attached hydrogens (tertiary/aromatic N) is 1. The molecule has 1 N–H and O–H groups in total. The quantitative estimate of drug-likeness (QED) is 0.911. The molecule has 1 aliphatic rings. The van der Waals surface area contributed by atoms with E-state index in [9.17, 15) is 9.59 Å². The molecule has 0 aliphatic carbocycles. The Hall–Kier alpha value is -1.56. The molecular formula is C14H16BrNO4. The number of hydrogen-bond donors (Lipinski definition) is 1. The smallest absolute Gasteiger partial charge is 0.326 e. The van der Waals surface area contributed by atoms with Crippen LogP contribution in [0.4, 0.5) is 0 Å². The second-order valence-electron chi connectivity index (χ2n) is 4.81. The molecular weight excluding hydrogens is 326 g/mol. The van der Waals surface area contributed by atoms with Crippen molar-refractivity contribution in [3.63, 3.8) is 0 Å². The minimum absolute atomic E-state index is 0.147. The van der Waals surface area contributed by atoms with E-state index in [1.807, 2.05) is 19.1 Å². The minimum Gasteiger partial charge on any atom is -0.483 e.